The van der Waals surface area contributed by atoms with Crippen LogP contribution in [-0.4, -0.2) is 33.8 Å². The predicted molar refractivity (Wildman–Crippen MR) is 65.3 cm³/mol. The quantitative estimate of drug-likeness (QED) is 0.858. The standard InChI is InChI=1S/C9H11Cl2NO4S/c1-16-9-7(3-2-6(10)8(9)11)17(14,15)12-4-5-13/h2-3,12-13H,4-5H2,1H3. The van der Waals surface area contributed by atoms with Crippen LogP contribution >= 0.6 is 23.2 Å². The van der Waals surface area contributed by atoms with Gasteiger partial charge in [0.25, 0.3) is 0 Å². The number of aliphatic hydroxyl groups is 1. The summed E-state index contributed by atoms with van der Waals surface area (Å²) in [5.74, 6) is -0.0235. The van der Waals surface area contributed by atoms with Crippen molar-refractivity contribution in [3.8, 4) is 5.75 Å². The Morgan fingerprint density at radius 2 is 2.06 bits per heavy atom. The van der Waals surface area contributed by atoms with Crippen LogP contribution < -0.4 is 9.46 Å². The van der Waals surface area contributed by atoms with Crippen LogP contribution in [0.1, 0.15) is 0 Å². The third kappa shape index (κ3) is 3.23. The second kappa shape index (κ2) is 5.88. The summed E-state index contributed by atoms with van der Waals surface area (Å²) >= 11 is 11.6. The maximum absolute atomic E-state index is 11.8. The minimum Gasteiger partial charge on any atom is -0.494 e. The third-order valence-corrected chi connectivity index (χ3v) is 4.18. The lowest BCUT2D eigenvalue weighted by Gasteiger charge is -2.12. The van der Waals surface area contributed by atoms with E-state index in [0.29, 0.717) is 0 Å². The first-order valence-electron chi connectivity index (χ1n) is 4.56. The van der Waals surface area contributed by atoms with E-state index in [1.54, 1.807) is 0 Å². The average Bonchev–Trinajstić information content (AvgIpc) is 2.29. The van der Waals surface area contributed by atoms with E-state index in [2.05, 4.69) is 4.72 Å². The lowest BCUT2D eigenvalue weighted by molar-refractivity contribution is 0.301. The average molecular weight is 300 g/mol. The molecule has 0 aliphatic rings. The second-order valence-corrected chi connectivity index (χ2v) is 5.53. The van der Waals surface area contributed by atoms with Crippen molar-refractivity contribution < 1.29 is 18.3 Å². The Bertz CT molecular complexity index is 504. The fraction of sp³-hybridized carbons (Fsp3) is 0.333. The molecule has 0 spiro atoms. The number of benzene rings is 1. The van der Waals surface area contributed by atoms with Gasteiger partial charge >= 0.3 is 0 Å². The van der Waals surface area contributed by atoms with Gasteiger partial charge in [0.2, 0.25) is 10.0 Å². The molecule has 0 radical (unpaired) electrons. The van der Waals surface area contributed by atoms with Crippen molar-refractivity contribution in [1.82, 2.24) is 4.72 Å². The van der Waals surface area contributed by atoms with Gasteiger partial charge in [-0.05, 0) is 12.1 Å². The molecule has 1 aromatic carbocycles. The van der Waals surface area contributed by atoms with E-state index in [4.69, 9.17) is 33.0 Å². The number of hydrogen-bond donors (Lipinski definition) is 2. The first kappa shape index (κ1) is 14.5. The summed E-state index contributed by atoms with van der Waals surface area (Å²) < 4.78 is 30.8. The van der Waals surface area contributed by atoms with Gasteiger partial charge in [-0.3, -0.25) is 0 Å². The largest absolute Gasteiger partial charge is 0.494 e. The first-order chi connectivity index (χ1) is 7.94. The van der Waals surface area contributed by atoms with Crippen LogP contribution in [0.3, 0.4) is 0 Å². The molecule has 2 N–H and O–H groups in total. The van der Waals surface area contributed by atoms with E-state index in [9.17, 15) is 8.42 Å². The van der Waals surface area contributed by atoms with E-state index < -0.39 is 10.0 Å². The number of ether oxygens (including phenoxy) is 1. The third-order valence-electron chi connectivity index (χ3n) is 1.91. The van der Waals surface area contributed by atoms with Crippen molar-refractivity contribution in [1.29, 1.82) is 0 Å². The number of methoxy groups -OCH3 is 1. The van der Waals surface area contributed by atoms with Gasteiger partial charge in [-0.2, -0.15) is 0 Å². The summed E-state index contributed by atoms with van der Waals surface area (Å²) in [6, 6.07) is 2.65. The molecule has 1 aromatic rings. The van der Waals surface area contributed by atoms with Crippen molar-refractivity contribution in [2.45, 2.75) is 4.90 Å². The first-order valence-corrected chi connectivity index (χ1v) is 6.80. The van der Waals surface area contributed by atoms with Crippen molar-refractivity contribution in [3.05, 3.63) is 22.2 Å². The van der Waals surface area contributed by atoms with Crippen LogP contribution in [0.15, 0.2) is 17.0 Å². The molecule has 96 valence electrons. The summed E-state index contributed by atoms with van der Waals surface area (Å²) in [5.41, 5.74) is 0. The molecule has 0 saturated carbocycles. The minimum absolute atomic E-state index is 0.0235. The molecule has 8 heteroatoms. The maximum atomic E-state index is 11.8. The highest BCUT2D eigenvalue weighted by Gasteiger charge is 2.22. The Balaban J connectivity index is 3.27. The maximum Gasteiger partial charge on any atom is 0.244 e. The van der Waals surface area contributed by atoms with E-state index >= 15 is 0 Å². The van der Waals surface area contributed by atoms with Gasteiger partial charge in [-0.1, -0.05) is 23.2 Å². The molecule has 0 atom stereocenters. The highest BCUT2D eigenvalue weighted by molar-refractivity contribution is 7.89. The summed E-state index contributed by atoms with van der Waals surface area (Å²) in [4.78, 5) is -0.122. The zero-order valence-corrected chi connectivity index (χ0v) is 11.2. The molecule has 17 heavy (non-hydrogen) atoms. The highest BCUT2D eigenvalue weighted by Crippen LogP contribution is 2.37. The molecule has 5 nitrogen and oxygen atoms in total. The Morgan fingerprint density at radius 1 is 1.41 bits per heavy atom. The summed E-state index contributed by atoms with van der Waals surface area (Å²) in [6.45, 7) is -0.394. The van der Waals surface area contributed by atoms with Gasteiger partial charge < -0.3 is 9.84 Å². The number of nitrogens with one attached hydrogen (secondary N) is 1. The van der Waals surface area contributed by atoms with Crippen molar-refractivity contribution in [2.24, 2.45) is 0 Å². The highest BCUT2D eigenvalue weighted by atomic mass is 35.5. The molecule has 0 unspecified atom stereocenters. The van der Waals surface area contributed by atoms with Gasteiger partial charge in [0.05, 0.1) is 18.7 Å². The molecule has 0 heterocycles. The number of aliphatic hydroxyl groups excluding tert-OH is 1. The van der Waals surface area contributed by atoms with Crippen molar-refractivity contribution >= 4 is 33.2 Å². The van der Waals surface area contributed by atoms with E-state index in [-0.39, 0.29) is 33.8 Å². The fourth-order valence-corrected chi connectivity index (χ4v) is 2.81. The Hall–Kier alpha value is -0.530. The molecule has 0 aliphatic carbocycles. The monoisotopic (exact) mass is 299 g/mol. The molecular weight excluding hydrogens is 289 g/mol. The van der Waals surface area contributed by atoms with Crippen molar-refractivity contribution in [3.63, 3.8) is 0 Å². The molecule has 0 aliphatic heterocycles. The number of sulfonamides is 1. The summed E-state index contributed by atoms with van der Waals surface area (Å²) in [7, 11) is -2.49. The van der Waals surface area contributed by atoms with Crippen LogP contribution in [0.25, 0.3) is 0 Å². The Kier molecular flexibility index (Phi) is 5.03. The molecule has 0 fully saturated rings. The SMILES string of the molecule is COc1c(S(=O)(=O)NCCO)ccc(Cl)c1Cl. The van der Waals surface area contributed by atoms with Gasteiger partial charge in [-0.25, -0.2) is 13.1 Å². The Morgan fingerprint density at radius 3 is 2.59 bits per heavy atom. The summed E-state index contributed by atoms with van der Waals surface area (Å²) in [6.07, 6.45) is 0. The zero-order valence-electron chi connectivity index (χ0n) is 8.91. The van der Waals surface area contributed by atoms with Crippen LogP contribution in [0.4, 0.5) is 0 Å². The van der Waals surface area contributed by atoms with E-state index in [1.807, 2.05) is 0 Å². The normalized spacial score (nSPS) is 11.5. The molecule has 0 saturated heterocycles. The molecule has 0 bridgehead atoms. The van der Waals surface area contributed by atoms with Crippen LogP contribution in [0.5, 0.6) is 5.75 Å². The lowest BCUT2D eigenvalue weighted by atomic mass is 10.3. The topological polar surface area (TPSA) is 75.6 Å². The van der Waals surface area contributed by atoms with E-state index in [1.165, 1.54) is 19.2 Å². The zero-order chi connectivity index (χ0) is 13.1. The predicted octanol–water partition coefficient (Wildman–Crippen LogP) is 1.27. The van der Waals surface area contributed by atoms with E-state index in [0.717, 1.165) is 0 Å². The van der Waals surface area contributed by atoms with Crippen LogP contribution in [-0.2, 0) is 10.0 Å². The number of halogens is 2. The lowest BCUT2D eigenvalue weighted by Crippen LogP contribution is -2.27. The smallest absolute Gasteiger partial charge is 0.244 e. The number of hydrogen-bond acceptors (Lipinski definition) is 4. The van der Waals surface area contributed by atoms with Crippen LogP contribution in [0, 0.1) is 0 Å². The molecule has 1 rings (SSSR count). The Labute approximate surface area is 109 Å². The van der Waals surface area contributed by atoms with Gasteiger partial charge in [-0.15, -0.1) is 0 Å². The number of rotatable bonds is 5. The minimum atomic E-state index is -3.78. The van der Waals surface area contributed by atoms with Gasteiger partial charge in [0.1, 0.15) is 9.92 Å². The van der Waals surface area contributed by atoms with Gasteiger partial charge in [0.15, 0.2) is 5.75 Å². The van der Waals surface area contributed by atoms with Crippen LogP contribution in [0.2, 0.25) is 10.0 Å². The molecule has 0 amide bonds. The molecular formula is C9H11Cl2NO4S. The molecule has 0 aromatic heterocycles. The second-order valence-electron chi connectivity index (χ2n) is 3.01. The van der Waals surface area contributed by atoms with Gasteiger partial charge in [0, 0.05) is 6.54 Å². The van der Waals surface area contributed by atoms with Crippen molar-refractivity contribution in [2.75, 3.05) is 20.3 Å². The fourth-order valence-electron chi connectivity index (χ4n) is 1.17. The summed E-state index contributed by atoms with van der Waals surface area (Å²) in [5, 5.41) is 8.82.